The second kappa shape index (κ2) is 9.65. The zero-order valence-corrected chi connectivity index (χ0v) is 17.8. The molecule has 2 aromatic carbocycles. The summed E-state index contributed by atoms with van der Waals surface area (Å²) in [5.74, 6) is -4.26. The van der Waals surface area contributed by atoms with Gasteiger partial charge >= 0.3 is 35.8 Å². The van der Waals surface area contributed by atoms with Crippen molar-refractivity contribution in [3.8, 4) is 0 Å². The smallest absolute Gasteiger partial charge is 0.346 e. The monoisotopic (exact) mass is 466 g/mol. The van der Waals surface area contributed by atoms with Gasteiger partial charge in [0.2, 0.25) is 0 Å². The van der Waals surface area contributed by atoms with Crippen LogP contribution in [0.4, 0.5) is 0 Å². The number of esters is 6. The second-order valence-corrected chi connectivity index (χ2v) is 7.56. The number of cyclic esters (lactones) is 4. The summed E-state index contributed by atoms with van der Waals surface area (Å²) in [6.07, 6.45) is 2.63. The van der Waals surface area contributed by atoms with Crippen LogP contribution in [-0.2, 0) is 18.9 Å². The number of hydrogen-bond acceptors (Lipinski definition) is 10. The predicted octanol–water partition coefficient (Wildman–Crippen LogP) is 2.88. The van der Waals surface area contributed by atoms with Crippen molar-refractivity contribution in [3.63, 3.8) is 0 Å². The van der Waals surface area contributed by atoms with E-state index in [1.165, 1.54) is 36.4 Å². The lowest BCUT2D eigenvalue weighted by Gasteiger charge is -2.07. The van der Waals surface area contributed by atoms with Gasteiger partial charge in [0.1, 0.15) is 0 Å². The van der Waals surface area contributed by atoms with Crippen LogP contribution in [-0.4, -0.2) is 49.0 Å². The normalized spacial score (nSPS) is 13.8. The lowest BCUT2D eigenvalue weighted by atomic mass is 10.1. The van der Waals surface area contributed by atoms with E-state index in [0.29, 0.717) is 12.8 Å². The first-order valence-electron chi connectivity index (χ1n) is 10.5. The number of fused-ring (bicyclic) bond motifs is 2. The predicted molar refractivity (Wildman–Crippen MR) is 111 cm³/mol. The van der Waals surface area contributed by atoms with Gasteiger partial charge in [-0.15, -0.1) is 0 Å². The van der Waals surface area contributed by atoms with Gasteiger partial charge in [0.25, 0.3) is 0 Å². The molecule has 2 aliphatic rings. The summed E-state index contributed by atoms with van der Waals surface area (Å²) in [4.78, 5) is 70.3. The van der Waals surface area contributed by atoms with E-state index in [4.69, 9.17) is 9.47 Å². The molecule has 0 unspecified atom stereocenters. The number of rotatable bonds is 9. The summed E-state index contributed by atoms with van der Waals surface area (Å²) in [5.41, 5.74) is 0.639. The molecule has 0 atom stereocenters. The third-order valence-corrected chi connectivity index (χ3v) is 5.27. The van der Waals surface area contributed by atoms with E-state index in [-0.39, 0.29) is 46.6 Å². The fourth-order valence-electron chi connectivity index (χ4n) is 3.48. The van der Waals surface area contributed by atoms with Gasteiger partial charge < -0.3 is 18.9 Å². The van der Waals surface area contributed by atoms with Crippen LogP contribution in [0, 0.1) is 0 Å². The Balaban J connectivity index is 1.12. The molecule has 0 saturated heterocycles. The van der Waals surface area contributed by atoms with Gasteiger partial charge in [0.05, 0.1) is 46.6 Å². The minimum Gasteiger partial charge on any atom is -0.462 e. The Morgan fingerprint density at radius 3 is 1.35 bits per heavy atom. The molecule has 2 aliphatic heterocycles. The number of carbonyl (C=O) groups excluding carboxylic acids is 6. The molecular formula is C24H18O10. The number of ether oxygens (including phenoxy) is 4. The van der Waals surface area contributed by atoms with E-state index in [1.54, 1.807) is 0 Å². The molecule has 0 radical (unpaired) electrons. The maximum absolute atomic E-state index is 12.1. The van der Waals surface area contributed by atoms with Gasteiger partial charge in [-0.1, -0.05) is 0 Å². The van der Waals surface area contributed by atoms with Gasteiger partial charge in [0, 0.05) is 0 Å². The highest BCUT2D eigenvalue weighted by atomic mass is 16.6. The molecule has 0 spiro atoms. The van der Waals surface area contributed by atoms with Crippen molar-refractivity contribution in [2.24, 2.45) is 0 Å². The van der Waals surface area contributed by atoms with Crippen molar-refractivity contribution in [1.82, 2.24) is 0 Å². The van der Waals surface area contributed by atoms with Crippen LogP contribution < -0.4 is 0 Å². The molecule has 2 heterocycles. The van der Waals surface area contributed by atoms with Gasteiger partial charge in [-0.2, -0.15) is 0 Å². The fourth-order valence-corrected chi connectivity index (χ4v) is 3.48. The van der Waals surface area contributed by atoms with Crippen molar-refractivity contribution in [2.45, 2.75) is 25.7 Å². The molecule has 10 heteroatoms. The lowest BCUT2D eigenvalue weighted by Crippen LogP contribution is -2.09. The van der Waals surface area contributed by atoms with Crippen LogP contribution >= 0.6 is 0 Å². The van der Waals surface area contributed by atoms with Gasteiger partial charge in [-0.25, -0.2) is 28.8 Å². The van der Waals surface area contributed by atoms with Gasteiger partial charge in [0.15, 0.2) is 0 Å². The largest absolute Gasteiger partial charge is 0.462 e. The maximum Gasteiger partial charge on any atom is 0.346 e. The van der Waals surface area contributed by atoms with Crippen LogP contribution in [0.25, 0.3) is 0 Å². The standard InChI is InChI=1S/C24H18O10/c25-19(13-5-7-15-17(11-13)23(29)33-21(15)27)31-9-3-1-2-4-10-32-20(26)14-6-8-16-18(12-14)24(30)34-22(16)28/h5-8,11-12H,1-4,9-10H2. The Labute approximate surface area is 192 Å². The molecule has 0 aromatic heterocycles. The van der Waals surface area contributed by atoms with Crippen LogP contribution in [0.15, 0.2) is 36.4 Å². The lowest BCUT2D eigenvalue weighted by molar-refractivity contribution is 0.0425. The number of carbonyl (C=O) groups is 6. The third kappa shape index (κ3) is 4.70. The first kappa shape index (κ1) is 22.8. The Morgan fingerprint density at radius 2 is 0.941 bits per heavy atom. The second-order valence-electron chi connectivity index (χ2n) is 7.56. The molecule has 0 aliphatic carbocycles. The highest BCUT2D eigenvalue weighted by Crippen LogP contribution is 2.22. The van der Waals surface area contributed by atoms with Crippen molar-refractivity contribution >= 4 is 35.8 Å². The molecule has 0 saturated carbocycles. The summed E-state index contributed by atoms with van der Waals surface area (Å²) in [6, 6.07) is 8.07. The molecule has 0 N–H and O–H groups in total. The molecule has 0 amide bonds. The summed E-state index contributed by atoms with van der Waals surface area (Å²) >= 11 is 0. The molecule has 10 nitrogen and oxygen atoms in total. The average molecular weight is 466 g/mol. The zero-order valence-electron chi connectivity index (χ0n) is 17.8. The Bertz CT molecular complexity index is 1130. The number of hydrogen-bond donors (Lipinski definition) is 0. The van der Waals surface area contributed by atoms with Crippen LogP contribution in [0.1, 0.15) is 87.8 Å². The Hall–Kier alpha value is -4.34. The minimum atomic E-state index is -0.788. The van der Waals surface area contributed by atoms with E-state index < -0.39 is 35.8 Å². The van der Waals surface area contributed by atoms with Crippen molar-refractivity contribution in [1.29, 1.82) is 0 Å². The first-order chi connectivity index (χ1) is 16.3. The van der Waals surface area contributed by atoms with Crippen LogP contribution in [0.3, 0.4) is 0 Å². The Morgan fingerprint density at radius 1 is 0.559 bits per heavy atom. The zero-order chi connectivity index (χ0) is 24.2. The fraction of sp³-hybridized carbons (Fsp3) is 0.250. The summed E-state index contributed by atoms with van der Waals surface area (Å²) < 4.78 is 19.3. The molecule has 0 fully saturated rings. The van der Waals surface area contributed by atoms with E-state index in [9.17, 15) is 28.8 Å². The van der Waals surface area contributed by atoms with Crippen molar-refractivity contribution in [2.75, 3.05) is 13.2 Å². The average Bonchev–Trinajstić information content (AvgIpc) is 3.28. The van der Waals surface area contributed by atoms with E-state index in [1.807, 2.05) is 0 Å². The molecule has 2 aromatic rings. The van der Waals surface area contributed by atoms with Gasteiger partial charge in [-0.05, 0) is 62.1 Å². The SMILES string of the molecule is O=C(OCCCCCCOC(=O)c1ccc2c(c1)C(=O)OC2=O)c1ccc2c(c1)C(=O)OC2=O. The van der Waals surface area contributed by atoms with Crippen LogP contribution in [0.2, 0.25) is 0 Å². The topological polar surface area (TPSA) is 139 Å². The quantitative estimate of drug-likeness (QED) is 0.234. The molecule has 174 valence electrons. The Kier molecular flexibility index (Phi) is 6.48. The van der Waals surface area contributed by atoms with Gasteiger partial charge in [-0.3, -0.25) is 0 Å². The molecule has 34 heavy (non-hydrogen) atoms. The van der Waals surface area contributed by atoms with Crippen molar-refractivity contribution < 1.29 is 47.7 Å². The third-order valence-electron chi connectivity index (χ3n) is 5.27. The molecule has 4 rings (SSSR count). The highest BCUT2D eigenvalue weighted by Gasteiger charge is 2.31. The minimum absolute atomic E-state index is 0.0438. The van der Waals surface area contributed by atoms with Crippen molar-refractivity contribution in [3.05, 3.63) is 69.8 Å². The van der Waals surface area contributed by atoms with E-state index in [2.05, 4.69) is 9.47 Å². The summed E-state index contributed by atoms with van der Waals surface area (Å²) in [6.45, 7) is 0.339. The maximum atomic E-state index is 12.1. The highest BCUT2D eigenvalue weighted by molar-refractivity contribution is 6.16. The molecule has 0 bridgehead atoms. The van der Waals surface area contributed by atoms with Crippen LogP contribution in [0.5, 0.6) is 0 Å². The molecular weight excluding hydrogens is 448 g/mol. The summed E-state index contributed by atoms with van der Waals surface area (Å²) in [5, 5.41) is 0. The number of unbranched alkanes of at least 4 members (excludes halogenated alkanes) is 3. The first-order valence-corrected chi connectivity index (χ1v) is 10.5. The summed E-state index contributed by atoms with van der Waals surface area (Å²) in [7, 11) is 0. The van der Waals surface area contributed by atoms with E-state index in [0.717, 1.165) is 12.8 Å². The van der Waals surface area contributed by atoms with E-state index >= 15 is 0 Å². The number of benzene rings is 2.